The summed E-state index contributed by atoms with van der Waals surface area (Å²) in [5, 5.41) is 13.7. The molecule has 0 aliphatic heterocycles. The van der Waals surface area contributed by atoms with Crippen molar-refractivity contribution in [2.24, 2.45) is 0 Å². The fourth-order valence-corrected chi connectivity index (χ4v) is 2.41. The molecule has 2 atom stereocenters. The van der Waals surface area contributed by atoms with E-state index in [0.717, 1.165) is 24.9 Å². The summed E-state index contributed by atoms with van der Waals surface area (Å²) in [5.74, 6) is 0. The SMILES string of the molecule is CCCCNC1CCc2ccccc2C1O. The van der Waals surface area contributed by atoms with Gasteiger partial charge in [-0.1, -0.05) is 37.6 Å². The highest BCUT2D eigenvalue weighted by Crippen LogP contribution is 2.29. The van der Waals surface area contributed by atoms with Crippen LogP contribution in [0.3, 0.4) is 0 Å². The van der Waals surface area contributed by atoms with E-state index in [1.54, 1.807) is 0 Å². The van der Waals surface area contributed by atoms with E-state index < -0.39 is 0 Å². The van der Waals surface area contributed by atoms with E-state index in [-0.39, 0.29) is 12.1 Å². The van der Waals surface area contributed by atoms with E-state index in [2.05, 4.69) is 24.4 Å². The largest absolute Gasteiger partial charge is 0.387 e. The molecular formula is C14H21NO. The number of aliphatic hydroxyl groups excluding tert-OH is 1. The van der Waals surface area contributed by atoms with E-state index in [1.807, 2.05) is 12.1 Å². The van der Waals surface area contributed by atoms with Gasteiger partial charge in [0.15, 0.2) is 0 Å². The van der Waals surface area contributed by atoms with Crippen LogP contribution in [-0.4, -0.2) is 17.7 Å². The standard InChI is InChI=1S/C14H21NO/c1-2-3-10-15-13-9-8-11-6-4-5-7-12(11)14(13)16/h4-7,13-16H,2-3,8-10H2,1H3. The Balaban J connectivity index is 2.00. The minimum atomic E-state index is -0.332. The zero-order valence-electron chi connectivity index (χ0n) is 9.95. The van der Waals surface area contributed by atoms with Gasteiger partial charge in [-0.2, -0.15) is 0 Å². The van der Waals surface area contributed by atoms with Crippen molar-refractivity contribution in [2.45, 2.75) is 44.8 Å². The molecule has 0 saturated carbocycles. The smallest absolute Gasteiger partial charge is 0.0945 e. The Bertz CT molecular complexity index is 337. The molecule has 2 nitrogen and oxygen atoms in total. The molecule has 0 saturated heterocycles. The molecule has 2 unspecified atom stereocenters. The molecule has 0 spiro atoms. The lowest BCUT2D eigenvalue weighted by Gasteiger charge is -2.30. The maximum atomic E-state index is 10.3. The normalized spacial score (nSPS) is 24.1. The molecule has 0 fully saturated rings. The predicted molar refractivity (Wildman–Crippen MR) is 66.4 cm³/mol. The van der Waals surface area contributed by atoms with Crippen LogP contribution >= 0.6 is 0 Å². The van der Waals surface area contributed by atoms with Gasteiger partial charge in [0, 0.05) is 6.04 Å². The van der Waals surface area contributed by atoms with Gasteiger partial charge in [0.05, 0.1) is 6.10 Å². The van der Waals surface area contributed by atoms with Crippen LogP contribution in [0.15, 0.2) is 24.3 Å². The van der Waals surface area contributed by atoms with Crippen molar-refractivity contribution >= 4 is 0 Å². The average Bonchev–Trinajstić information content (AvgIpc) is 2.33. The Kier molecular flexibility index (Phi) is 3.97. The molecule has 2 N–H and O–H groups in total. The molecule has 1 aliphatic rings. The lowest BCUT2D eigenvalue weighted by molar-refractivity contribution is 0.115. The van der Waals surface area contributed by atoms with E-state index in [9.17, 15) is 5.11 Å². The van der Waals surface area contributed by atoms with Crippen LogP contribution in [0.5, 0.6) is 0 Å². The Morgan fingerprint density at radius 1 is 1.38 bits per heavy atom. The number of benzene rings is 1. The number of fused-ring (bicyclic) bond motifs is 1. The number of aliphatic hydroxyl groups is 1. The number of hydrogen-bond donors (Lipinski definition) is 2. The summed E-state index contributed by atoms with van der Waals surface area (Å²) in [7, 11) is 0. The van der Waals surface area contributed by atoms with Gasteiger partial charge >= 0.3 is 0 Å². The molecule has 2 rings (SSSR count). The Labute approximate surface area is 97.7 Å². The van der Waals surface area contributed by atoms with E-state index in [4.69, 9.17) is 0 Å². The van der Waals surface area contributed by atoms with Crippen LogP contribution in [0, 0.1) is 0 Å². The lowest BCUT2D eigenvalue weighted by Crippen LogP contribution is -2.38. The van der Waals surface area contributed by atoms with Crippen molar-refractivity contribution < 1.29 is 5.11 Å². The first kappa shape index (κ1) is 11.6. The van der Waals surface area contributed by atoms with Gasteiger partial charge in [0.25, 0.3) is 0 Å². The summed E-state index contributed by atoms with van der Waals surface area (Å²) < 4.78 is 0. The van der Waals surface area contributed by atoms with Crippen LogP contribution in [0.1, 0.15) is 43.4 Å². The summed E-state index contributed by atoms with van der Waals surface area (Å²) in [4.78, 5) is 0. The topological polar surface area (TPSA) is 32.3 Å². The van der Waals surface area contributed by atoms with Crippen LogP contribution in [0.2, 0.25) is 0 Å². The number of aryl methyl sites for hydroxylation is 1. The molecule has 0 bridgehead atoms. The first-order valence-electron chi connectivity index (χ1n) is 6.32. The van der Waals surface area contributed by atoms with E-state index in [0.29, 0.717) is 0 Å². The summed E-state index contributed by atoms with van der Waals surface area (Å²) in [6.45, 7) is 3.20. The third-order valence-electron chi connectivity index (χ3n) is 3.42. The Hall–Kier alpha value is -0.860. The number of unbranched alkanes of at least 4 members (excludes halogenated alkanes) is 1. The summed E-state index contributed by atoms with van der Waals surface area (Å²) >= 11 is 0. The third-order valence-corrected chi connectivity index (χ3v) is 3.42. The minimum Gasteiger partial charge on any atom is -0.387 e. The second kappa shape index (κ2) is 5.46. The molecule has 0 aromatic heterocycles. The first-order valence-corrected chi connectivity index (χ1v) is 6.32. The molecule has 1 aromatic carbocycles. The van der Waals surface area contributed by atoms with Crippen molar-refractivity contribution in [2.75, 3.05) is 6.54 Å². The van der Waals surface area contributed by atoms with Crippen molar-refractivity contribution in [1.82, 2.24) is 5.32 Å². The van der Waals surface area contributed by atoms with Crippen LogP contribution in [-0.2, 0) is 6.42 Å². The molecule has 0 heterocycles. The highest BCUT2D eigenvalue weighted by molar-refractivity contribution is 5.32. The van der Waals surface area contributed by atoms with Gasteiger partial charge in [0.2, 0.25) is 0 Å². The van der Waals surface area contributed by atoms with Gasteiger partial charge in [-0.15, -0.1) is 0 Å². The maximum Gasteiger partial charge on any atom is 0.0945 e. The molecule has 1 aliphatic carbocycles. The van der Waals surface area contributed by atoms with Crippen molar-refractivity contribution in [3.63, 3.8) is 0 Å². The average molecular weight is 219 g/mol. The molecule has 0 radical (unpaired) electrons. The van der Waals surface area contributed by atoms with Gasteiger partial charge in [0.1, 0.15) is 0 Å². The Morgan fingerprint density at radius 3 is 3.00 bits per heavy atom. The van der Waals surface area contributed by atoms with Gasteiger partial charge < -0.3 is 10.4 Å². The van der Waals surface area contributed by atoms with Gasteiger partial charge in [-0.05, 0) is 36.9 Å². The number of hydrogen-bond acceptors (Lipinski definition) is 2. The molecule has 88 valence electrons. The zero-order chi connectivity index (χ0) is 11.4. The number of nitrogens with one attached hydrogen (secondary N) is 1. The van der Waals surface area contributed by atoms with Crippen molar-refractivity contribution in [1.29, 1.82) is 0 Å². The van der Waals surface area contributed by atoms with Crippen molar-refractivity contribution in [3.05, 3.63) is 35.4 Å². The van der Waals surface area contributed by atoms with Crippen LogP contribution < -0.4 is 5.32 Å². The second-order valence-corrected chi connectivity index (χ2v) is 4.60. The zero-order valence-corrected chi connectivity index (χ0v) is 9.95. The van der Waals surface area contributed by atoms with E-state index >= 15 is 0 Å². The number of rotatable bonds is 4. The fraction of sp³-hybridized carbons (Fsp3) is 0.571. The third kappa shape index (κ3) is 2.45. The lowest BCUT2D eigenvalue weighted by atomic mass is 9.86. The van der Waals surface area contributed by atoms with Gasteiger partial charge in [-0.3, -0.25) is 0 Å². The van der Waals surface area contributed by atoms with E-state index in [1.165, 1.54) is 18.4 Å². The molecule has 1 aromatic rings. The highest BCUT2D eigenvalue weighted by atomic mass is 16.3. The fourth-order valence-electron chi connectivity index (χ4n) is 2.41. The quantitative estimate of drug-likeness (QED) is 0.762. The second-order valence-electron chi connectivity index (χ2n) is 4.60. The summed E-state index contributed by atoms with van der Waals surface area (Å²) in [5.41, 5.74) is 2.42. The minimum absolute atomic E-state index is 0.237. The van der Waals surface area contributed by atoms with Crippen LogP contribution in [0.4, 0.5) is 0 Å². The summed E-state index contributed by atoms with van der Waals surface area (Å²) in [6, 6.07) is 8.47. The molecule has 16 heavy (non-hydrogen) atoms. The summed E-state index contributed by atoms with van der Waals surface area (Å²) in [6.07, 6.45) is 4.18. The highest BCUT2D eigenvalue weighted by Gasteiger charge is 2.26. The Morgan fingerprint density at radius 2 is 2.19 bits per heavy atom. The molecule has 2 heteroatoms. The monoisotopic (exact) mass is 219 g/mol. The van der Waals surface area contributed by atoms with Gasteiger partial charge in [-0.25, -0.2) is 0 Å². The predicted octanol–water partition coefficient (Wildman–Crippen LogP) is 2.42. The van der Waals surface area contributed by atoms with Crippen molar-refractivity contribution in [3.8, 4) is 0 Å². The molecule has 0 amide bonds. The van der Waals surface area contributed by atoms with Crippen LogP contribution in [0.25, 0.3) is 0 Å². The molecular weight excluding hydrogens is 198 g/mol. The maximum absolute atomic E-state index is 10.3. The first-order chi connectivity index (χ1) is 7.83.